The van der Waals surface area contributed by atoms with Crippen LogP contribution >= 0.6 is 23.2 Å². The van der Waals surface area contributed by atoms with Gasteiger partial charge in [0.15, 0.2) is 0 Å². The highest BCUT2D eigenvalue weighted by atomic mass is 35.5. The first kappa shape index (κ1) is 10.5. The van der Waals surface area contributed by atoms with Crippen LogP contribution in [0.5, 0.6) is 0 Å². The Morgan fingerprint density at radius 2 is 1.33 bits per heavy atom. The lowest BCUT2D eigenvalue weighted by molar-refractivity contribution is 1.35. The Bertz CT molecular complexity index is 418. The maximum Gasteiger partial charge on any atom is 0.132 e. The maximum absolute atomic E-state index is 5.76. The van der Waals surface area contributed by atoms with E-state index < -0.39 is 4.84 Å². The lowest BCUT2D eigenvalue weighted by Gasteiger charge is -2.04. The Morgan fingerprint density at radius 3 is 1.87 bits per heavy atom. The average Bonchev–Trinajstić information content (AvgIpc) is 2.30. The molecule has 0 aliphatic rings. The van der Waals surface area contributed by atoms with Gasteiger partial charge in [0.25, 0.3) is 0 Å². The van der Waals surface area contributed by atoms with Gasteiger partial charge in [-0.05, 0) is 22.8 Å². The normalized spacial score (nSPS) is 10.6. The molecule has 0 unspecified atom stereocenters. The van der Waals surface area contributed by atoms with Crippen LogP contribution < -0.4 is 0 Å². The zero-order chi connectivity index (χ0) is 10.7. The van der Waals surface area contributed by atoms with E-state index in [4.69, 9.17) is 23.2 Å². The Morgan fingerprint density at radius 1 is 0.800 bits per heavy atom. The highest BCUT2D eigenvalue weighted by Crippen LogP contribution is 2.27. The number of hydrogen-bond donors (Lipinski definition) is 0. The van der Waals surface area contributed by atoms with Gasteiger partial charge in [-0.25, -0.2) is 0 Å². The minimum Gasteiger partial charge on any atom is -0.100 e. The molecule has 15 heavy (non-hydrogen) atoms. The molecule has 2 aromatic carbocycles. The molecule has 0 spiro atoms. The summed E-state index contributed by atoms with van der Waals surface area (Å²) < 4.78 is 0. The lowest BCUT2D eigenvalue weighted by atomic mass is 10.0. The predicted octanol–water partition coefficient (Wildman–Crippen LogP) is 4.63. The molecule has 0 N–H and O–H groups in total. The first-order valence-electron chi connectivity index (χ1n) is 4.62. The highest BCUT2D eigenvalue weighted by Gasteiger charge is 2.03. The molecule has 2 heteroatoms. The van der Waals surface area contributed by atoms with Gasteiger partial charge in [-0.15, -0.1) is 23.2 Å². The van der Waals surface area contributed by atoms with E-state index in [0.717, 1.165) is 11.1 Å². The molecule has 1 radical (unpaired) electrons. The number of alkyl halides is 2. The molecule has 0 atom stereocenters. The minimum atomic E-state index is -0.455. The molecule has 0 amide bonds. The van der Waals surface area contributed by atoms with Crippen molar-refractivity contribution in [1.82, 2.24) is 0 Å². The Hall–Kier alpha value is -0.980. The van der Waals surface area contributed by atoms with E-state index in [0.29, 0.717) is 0 Å². The fourth-order valence-electron chi connectivity index (χ4n) is 1.40. The van der Waals surface area contributed by atoms with E-state index >= 15 is 0 Å². The first-order valence-corrected chi connectivity index (χ1v) is 5.49. The average molecular weight is 236 g/mol. The molecule has 0 aromatic heterocycles. The zero-order valence-corrected chi connectivity index (χ0v) is 9.46. The maximum atomic E-state index is 5.76. The van der Waals surface area contributed by atoms with E-state index in [1.165, 1.54) is 5.56 Å². The highest BCUT2D eigenvalue weighted by molar-refractivity contribution is 6.44. The molecule has 0 saturated carbocycles. The summed E-state index contributed by atoms with van der Waals surface area (Å²) in [5.74, 6) is 0. The third kappa shape index (κ3) is 2.53. The van der Waals surface area contributed by atoms with Gasteiger partial charge < -0.3 is 0 Å². The van der Waals surface area contributed by atoms with Crippen molar-refractivity contribution in [3.63, 3.8) is 0 Å². The third-order valence-corrected chi connectivity index (χ3v) is 2.72. The van der Waals surface area contributed by atoms with Crippen LogP contribution in [0.3, 0.4) is 0 Å². The number of rotatable bonds is 2. The summed E-state index contributed by atoms with van der Waals surface area (Å²) >= 11 is 11.5. The van der Waals surface area contributed by atoms with Gasteiger partial charge in [0, 0.05) is 0 Å². The molecular weight excluding hydrogens is 227 g/mol. The van der Waals surface area contributed by atoms with Crippen LogP contribution in [-0.4, -0.2) is 0 Å². The molecule has 0 fully saturated rings. The van der Waals surface area contributed by atoms with Crippen LogP contribution in [0.1, 0.15) is 10.4 Å². The molecule has 0 heterocycles. The van der Waals surface area contributed by atoms with Crippen molar-refractivity contribution in [3.05, 3.63) is 60.2 Å². The van der Waals surface area contributed by atoms with Crippen LogP contribution in [-0.2, 0) is 0 Å². The van der Waals surface area contributed by atoms with E-state index in [9.17, 15) is 0 Å². The Kier molecular flexibility index (Phi) is 3.30. The quantitative estimate of drug-likeness (QED) is 0.667. The van der Waals surface area contributed by atoms with Gasteiger partial charge in [0.2, 0.25) is 0 Å². The second-order valence-electron chi connectivity index (χ2n) is 3.21. The molecule has 0 bridgehead atoms. The SMILES string of the molecule is ClC(Cl)c1ccc(-c2cc[c]cc2)cc1. The van der Waals surface area contributed by atoms with Crippen molar-refractivity contribution in [2.45, 2.75) is 4.84 Å². The molecule has 2 aromatic rings. The molecule has 0 nitrogen and oxygen atoms in total. The minimum absolute atomic E-state index is 0.455. The number of hydrogen-bond acceptors (Lipinski definition) is 0. The molecule has 0 aliphatic heterocycles. The topological polar surface area (TPSA) is 0 Å². The van der Waals surface area contributed by atoms with Crippen molar-refractivity contribution >= 4 is 23.2 Å². The zero-order valence-electron chi connectivity index (χ0n) is 7.95. The fourth-order valence-corrected chi connectivity index (χ4v) is 1.69. The fraction of sp³-hybridized carbons (Fsp3) is 0.0769. The summed E-state index contributed by atoms with van der Waals surface area (Å²) in [5.41, 5.74) is 3.24. The van der Waals surface area contributed by atoms with Crippen LogP contribution in [0.4, 0.5) is 0 Å². The smallest absolute Gasteiger partial charge is 0.100 e. The number of halogens is 2. The van der Waals surface area contributed by atoms with Gasteiger partial charge in [-0.3, -0.25) is 0 Å². The third-order valence-electron chi connectivity index (χ3n) is 2.21. The van der Waals surface area contributed by atoms with Gasteiger partial charge in [0.05, 0.1) is 0 Å². The molecular formula is C13H9Cl2. The lowest BCUT2D eigenvalue weighted by Crippen LogP contribution is -1.82. The molecule has 2 rings (SSSR count). The second kappa shape index (κ2) is 4.69. The van der Waals surface area contributed by atoms with Gasteiger partial charge in [0.1, 0.15) is 4.84 Å². The predicted molar refractivity (Wildman–Crippen MR) is 65.2 cm³/mol. The van der Waals surface area contributed by atoms with Gasteiger partial charge >= 0.3 is 0 Å². The van der Waals surface area contributed by atoms with Crippen molar-refractivity contribution < 1.29 is 0 Å². The molecule has 0 aliphatic carbocycles. The van der Waals surface area contributed by atoms with Crippen LogP contribution in [0.25, 0.3) is 11.1 Å². The Balaban J connectivity index is 2.32. The van der Waals surface area contributed by atoms with Crippen molar-refractivity contribution in [2.24, 2.45) is 0 Å². The monoisotopic (exact) mass is 235 g/mol. The van der Waals surface area contributed by atoms with Crippen LogP contribution in [0.15, 0.2) is 48.5 Å². The second-order valence-corrected chi connectivity index (χ2v) is 4.31. The summed E-state index contributed by atoms with van der Waals surface area (Å²) in [5, 5.41) is 0. The first-order chi connectivity index (χ1) is 7.27. The summed E-state index contributed by atoms with van der Waals surface area (Å²) in [7, 11) is 0. The summed E-state index contributed by atoms with van der Waals surface area (Å²) in [6.07, 6.45) is 0. The summed E-state index contributed by atoms with van der Waals surface area (Å²) in [6, 6.07) is 18.7. The summed E-state index contributed by atoms with van der Waals surface area (Å²) in [6.45, 7) is 0. The van der Waals surface area contributed by atoms with Crippen molar-refractivity contribution in [2.75, 3.05) is 0 Å². The number of benzene rings is 2. The van der Waals surface area contributed by atoms with E-state index in [1.54, 1.807) is 0 Å². The standard InChI is InChI=1S/C13H9Cl2/c14-13(15)12-8-6-11(7-9-12)10-4-2-1-3-5-10/h2-9,13H. The van der Waals surface area contributed by atoms with Gasteiger partial charge in [-0.2, -0.15) is 0 Å². The Labute approximate surface area is 99.5 Å². The summed E-state index contributed by atoms with van der Waals surface area (Å²) in [4.78, 5) is -0.455. The molecule has 0 saturated heterocycles. The van der Waals surface area contributed by atoms with Crippen molar-refractivity contribution in [3.8, 4) is 11.1 Å². The van der Waals surface area contributed by atoms with Crippen molar-refractivity contribution in [1.29, 1.82) is 0 Å². The molecule has 75 valence electrons. The van der Waals surface area contributed by atoms with E-state index in [-0.39, 0.29) is 0 Å². The van der Waals surface area contributed by atoms with E-state index in [2.05, 4.69) is 6.07 Å². The largest absolute Gasteiger partial charge is 0.132 e. The van der Waals surface area contributed by atoms with E-state index in [1.807, 2.05) is 48.5 Å². The van der Waals surface area contributed by atoms with Gasteiger partial charge in [-0.1, -0.05) is 48.5 Å². The van der Waals surface area contributed by atoms with Crippen LogP contribution in [0, 0.1) is 6.07 Å². The van der Waals surface area contributed by atoms with Crippen LogP contribution in [0.2, 0.25) is 0 Å².